The zero-order valence-corrected chi connectivity index (χ0v) is 15.3. The number of aromatic nitrogens is 5. The van der Waals surface area contributed by atoms with Gasteiger partial charge in [-0.15, -0.1) is 0 Å². The minimum Gasteiger partial charge on any atom is -0.495 e. The molecule has 0 bridgehead atoms. The van der Waals surface area contributed by atoms with Gasteiger partial charge in [-0.1, -0.05) is 12.1 Å². The van der Waals surface area contributed by atoms with Crippen LogP contribution in [0.4, 0.5) is 5.69 Å². The maximum atomic E-state index is 12.3. The highest BCUT2D eigenvalue weighted by atomic mass is 16.5. The fourth-order valence-corrected chi connectivity index (χ4v) is 3.29. The number of nitrogens with zero attached hydrogens (tertiary/aromatic N) is 4. The van der Waals surface area contributed by atoms with E-state index in [4.69, 9.17) is 4.74 Å². The first kappa shape index (κ1) is 17.0. The lowest BCUT2D eigenvalue weighted by Gasteiger charge is -2.12. The number of hydrogen-bond donors (Lipinski definition) is 2. The van der Waals surface area contributed by atoms with Crippen LogP contribution in [0.5, 0.6) is 5.75 Å². The van der Waals surface area contributed by atoms with E-state index in [-0.39, 0.29) is 0 Å². The Bertz CT molecular complexity index is 1260. The second-order valence-electron chi connectivity index (χ2n) is 6.32. The molecule has 0 saturated carbocycles. The molecular weight excluding hydrogens is 348 g/mol. The number of benzene rings is 1. The van der Waals surface area contributed by atoms with E-state index in [0.717, 1.165) is 17.1 Å². The van der Waals surface area contributed by atoms with E-state index in [1.54, 1.807) is 18.6 Å². The lowest BCUT2D eigenvalue weighted by molar-refractivity contribution is 0.416. The van der Waals surface area contributed by atoms with Crippen molar-refractivity contribution < 1.29 is 4.74 Å². The van der Waals surface area contributed by atoms with Crippen LogP contribution in [-0.4, -0.2) is 37.2 Å². The van der Waals surface area contributed by atoms with Crippen LogP contribution < -0.4 is 21.3 Å². The molecule has 9 nitrogen and oxygen atoms in total. The molecule has 0 unspecified atom stereocenters. The highest BCUT2D eigenvalue weighted by Crippen LogP contribution is 2.23. The van der Waals surface area contributed by atoms with Gasteiger partial charge in [0, 0.05) is 32.0 Å². The Morgan fingerprint density at radius 3 is 2.81 bits per heavy atom. The molecule has 9 heteroatoms. The summed E-state index contributed by atoms with van der Waals surface area (Å²) in [5.74, 6) is 1.40. The van der Waals surface area contributed by atoms with Gasteiger partial charge in [0.1, 0.15) is 5.75 Å². The lowest BCUT2D eigenvalue weighted by atomic mass is 10.3. The summed E-state index contributed by atoms with van der Waals surface area (Å²) < 4.78 is 10.4. The summed E-state index contributed by atoms with van der Waals surface area (Å²) in [5.41, 5.74) is 1.69. The molecule has 140 valence electrons. The van der Waals surface area contributed by atoms with E-state index in [1.165, 1.54) is 4.57 Å². The number of hydrogen-bond acceptors (Lipinski definition) is 5. The third-order valence-corrected chi connectivity index (χ3v) is 4.67. The number of aryl methyl sites for hydroxylation is 2. The van der Waals surface area contributed by atoms with Crippen molar-refractivity contribution in [3.05, 3.63) is 57.0 Å². The standard InChI is InChI=1S/C18H20N6O3/c1-11-10-24-14-15(22(2)18(26)21-16(14)25)20-17(24)23(11)9-8-19-12-6-4-5-7-13(12)27-3/h4-7,10,19H,8-9H2,1-3H3,(H,21,25,26). The zero-order valence-electron chi connectivity index (χ0n) is 15.3. The van der Waals surface area contributed by atoms with Gasteiger partial charge in [-0.25, -0.2) is 4.79 Å². The number of methoxy groups -OCH3 is 1. The van der Waals surface area contributed by atoms with Crippen LogP contribution in [0.2, 0.25) is 0 Å². The van der Waals surface area contributed by atoms with Gasteiger partial charge in [0.05, 0.1) is 12.8 Å². The molecule has 0 aliphatic carbocycles. The second-order valence-corrected chi connectivity index (χ2v) is 6.32. The van der Waals surface area contributed by atoms with E-state index >= 15 is 0 Å². The molecule has 27 heavy (non-hydrogen) atoms. The number of para-hydroxylation sites is 2. The van der Waals surface area contributed by atoms with E-state index in [1.807, 2.05) is 42.0 Å². The van der Waals surface area contributed by atoms with Crippen molar-refractivity contribution in [3.8, 4) is 5.75 Å². The van der Waals surface area contributed by atoms with Crippen LogP contribution in [0, 0.1) is 6.92 Å². The number of H-pyrrole nitrogens is 1. The lowest BCUT2D eigenvalue weighted by Crippen LogP contribution is -2.28. The fraction of sp³-hybridized carbons (Fsp3) is 0.278. The van der Waals surface area contributed by atoms with Crippen LogP contribution in [-0.2, 0) is 13.6 Å². The highest BCUT2D eigenvalue weighted by molar-refractivity contribution is 5.75. The minimum absolute atomic E-state index is 0.366. The molecule has 0 atom stereocenters. The molecule has 0 aliphatic rings. The zero-order chi connectivity index (χ0) is 19.1. The van der Waals surface area contributed by atoms with Crippen molar-refractivity contribution in [2.24, 2.45) is 7.05 Å². The number of rotatable bonds is 5. The molecule has 0 saturated heterocycles. The summed E-state index contributed by atoms with van der Waals surface area (Å²) in [4.78, 5) is 30.9. The molecule has 0 spiro atoms. The first-order valence-corrected chi connectivity index (χ1v) is 8.55. The molecule has 0 fully saturated rings. The highest BCUT2D eigenvalue weighted by Gasteiger charge is 2.17. The Kier molecular flexibility index (Phi) is 3.98. The number of fused-ring (bicyclic) bond motifs is 3. The van der Waals surface area contributed by atoms with Crippen LogP contribution in [0.3, 0.4) is 0 Å². The van der Waals surface area contributed by atoms with Gasteiger partial charge < -0.3 is 14.6 Å². The van der Waals surface area contributed by atoms with Crippen LogP contribution in [0.1, 0.15) is 5.69 Å². The quantitative estimate of drug-likeness (QED) is 0.550. The Balaban J connectivity index is 1.70. The largest absolute Gasteiger partial charge is 0.495 e. The first-order valence-electron chi connectivity index (χ1n) is 8.55. The van der Waals surface area contributed by atoms with Gasteiger partial charge >= 0.3 is 5.69 Å². The van der Waals surface area contributed by atoms with E-state index < -0.39 is 11.2 Å². The van der Waals surface area contributed by atoms with Gasteiger partial charge in [0.15, 0.2) is 11.2 Å². The third kappa shape index (κ3) is 2.67. The van der Waals surface area contributed by atoms with Crippen molar-refractivity contribution in [2.75, 3.05) is 19.0 Å². The first-order chi connectivity index (χ1) is 13.0. The molecule has 0 amide bonds. The van der Waals surface area contributed by atoms with E-state index in [0.29, 0.717) is 30.0 Å². The van der Waals surface area contributed by atoms with Crippen LogP contribution in [0.25, 0.3) is 16.9 Å². The van der Waals surface area contributed by atoms with Crippen molar-refractivity contribution >= 4 is 22.6 Å². The Morgan fingerprint density at radius 1 is 1.26 bits per heavy atom. The second kappa shape index (κ2) is 6.35. The monoisotopic (exact) mass is 368 g/mol. The molecule has 4 rings (SSSR count). The average molecular weight is 368 g/mol. The number of anilines is 1. The minimum atomic E-state index is -0.477. The third-order valence-electron chi connectivity index (χ3n) is 4.67. The Morgan fingerprint density at radius 2 is 2.04 bits per heavy atom. The van der Waals surface area contributed by atoms with Crippen molar-refractivity contribution in [1.82, 2.24) is 23.5 Å². The maximum Gasteiger partial charge on any atom is 0.329 e. The van der Waals surface area contributed by atoms with E-state index in [2.05, 4.69) is 15.3 Å². The molecule has 2 N–H and O–H groups in total. The van der Waals surface area contributed by atoms with Crippen molar-refractivity contribution in [1.29, 1.82) is 0 Å². The van der Waals surface area contributed by atoms with Gasteiger partial charge in [0.2, 0.25) is 5.78 Å². The normalized spacial score (nSPS) is 11.4. The Hall–Kier alpha value is -3.49. The molecule has 3 aromatic heterocycles. The van der Waals surface area contributed by atoms with Gasteiger partial charge in [0.25, 0.3) is 5.56 Å². The summed E-state index contributed by atoms with van der Waals surface area (Å²) in [6.45, 7) is 3.24. The van der Waals surface area contributed by atoms with Gasteiger partial charge in [-0.3, -0.25) is 18.7 Å². The predicted octanol–water partition coefficient (Wildman–Crippen LogP) is 1.11. The van der Waals surface area contributed by atoms with Gasteiger partial charge in [-0.2, -0.15) is 4.98 Å². The van der Waals surface area contributed by atoms with Crippen LogP contribution >= 0.6 is 0 Å². The summed E-state index contributed by atoms with van der Waals surface area (Å²) in [7, 11) is 3.23. The summed E-state index contributed by atoms with van der Waals surface area (Å²) in [6.07, 6.45) is 1.85. The molecule has 0 aliphatic heterocycles. The number of ether oxygens (including phenoxy) is 1. The topological polar surface area (TPSA) is 98.4 Å². The number of aromatic amines is 1. The molecule has 3 heterocycles. The molecule has 4 aromatic rings. The summed E-state index contributed by atoms with van der Waals surface area (Å²) in [5, 5.41) is 3.35. The number of nitrogens with one attached hydrogen (secondary N) is 2. The summed E-state index contributed by atoms with van der Waals surface area (Å²) in [6, 6.07) is 7.71. The van der Waals surface area contributed by atoms with Crippen LogP contribution in [0.15, 0.2) is 40.1 Å². The van der Waals surface area contributed by atoms with Crippen molar-refractivity contribution in [2.45, 2.75) is 13.5 Å². The smallest absolute Gasteiger partial charge is 0.329 e. The molecule has 0 radical (unpaired) electrons. The fourth-order valence-electron chi connectivity index (χ4n) is 3.29. The van der Waals surface area contributed by atoms with Gasteiger partial charge in [-0.05, 0) is 19.1 Å². The number of imidazole rings is 2. The molecule has 1 aromatic carbocycles. The summed E-state index contributed by atoms with van der Waals surface area (Å²) >= 11 is 0. The Labute approximate surface area is 153 Å². The average Bonchev–Trinajstić information content (AvgIpc) is 3.16. The maximum absolute atomic E-state index is 12.3. The SMILES string of the molecule is COc1ccccc1NCCn1c(C)cn2c3c(=O)[nH]c(=O)n(C)c3nc12. The van der Waals surface area contributed by atoms with E-state index in [9.17, 15) is 9.59 Å². The predicted molar refractivity (Wildman–Crippen MR) is 103 cm³/mol. The van der Waals surface area contributed by atoms with Crippen molar-refractivity contribution in [3.63, 3.8) is 0 Å². The molecular formula is C18H20N6O3.